The molecule has 1 aliphatic rings. The van der Waals surface area contributed by atoms with Crippen LogP contribution >= 0.6 is 23.1 Å². The number of hydrogen-bond acceptors (Lipinski definition) is 4. The molecule has 0 saturated heterocycles. The molecule has 0 saturated carbocycles. The summed E-state index contributed by atoms with van der Waals surface area (Å²) >= 11 is 3.32. The van der Waals surface area contributed by atoms with Gasteiger partial charge in [0.2, 0.25) is 5.91 Å². The largest absolute Gasteiger partial charge is 0.337 e. The van der Waals surface area contributed by atoms with Gasteiger partial charge in [0.1, 0.15) is 0 Å². The van der Waals surface area contributed by atoms with Crippen LogP contribution in [0.2, 0.25) is 0 Å². The molecule has 1 N–H and O–H groups in total. The standard InChI is InChI=1S/C22H25N3OS2/c1-3-19-17-10-12-27-20(17)9-11-25(19)21(26)14-28-22-23-15(2)18(24-22)13-16-7-5-4-6-8-16/h4-8,10,12,19H,3,9,11,13-14H2,1-2H3,(H,23,24). The molecule has 1 amide bonds. The number of imidazole rings is 1. The van der Waals surface area contributed by atoms with Gasteiger partial charge >= 0.3 is 0 Å². The zero-order chi connectivity index (χ0) is 19.5. The number of aryl methyl sites for hydroxylation is 1. The zero-order valence-electron chi connectivity index (χ0n) is 16.3. The maximum absolute atomic E-state index is 12.9. The Balaban J connectivity index is 1.39. The summed E-state index contributed by atoms with van der Waals surface area (Å²) in [6, 6.07) is 12.8. The molecule has 4 nitrogen and oxygen atoms in total. The van der Waals surface area contributed by atoms with Crippen LogP contribution in [0.3, 0.4) is 0 Å². The fourth-order valence-electron chi connectivity index (χ4n) is 3.84. The normalized spacial score (nSPS) is 16.2. The van der Waals surface area contributed by atoms with Gasteiger partial charge < -0.3 is 9.88 Å². The highest BCUT2D eigenvalue weighted by Gasteiger charge is 2.30. The van der Waals surface area contributed by atoms with Crippen molar-refractivity contribution in [3.05, 3.63) is 69.2 Å². The Hall–Kier alpha value is -2.05. The first-order valence-corrected chi connectivity index (χ1v) is 11.6. The number of thioether (sulfide) groups is 1. The first-order valence-electron chi connectivity index (χ1n) is 9.73. The van der Waals surface area contributed by atoms with Crippen LogP contribution in [-0.2, 0) is 17.6 Å². The molecule has 6 heteroatoms. The van der Waals surface area contributed by atoms with E-state index < -0.39 is 0 Å². The van der Waals surface area contributed by atoms with Gasteiger partial charge in [-0.05, 0) is 42.3 Å². The molecule has 3 aromatic rings. The van der Waals surface area contributed by atoms with Crippen molar-refractivity contribution in [3.8, 4) is 0 Å². The summed E-state index contributed by atoms with van der Waals surface area (Å²) in [5.41, 5.74) is 4.71. The molecule has 1 aliphatic heterocycles. The number of nitrogens with one attached hydrogen (secondary N) is 1. The summed E-state index contributed by atoms with van der Waals surface area (Å²) in [5, 5.41) is 2.98. The number of rotatable bonds is 6. The summed E-state index contributed by atoms with van der Waals surface area (Å²) in [6.45, 7) is 5.03. The molecule has 2 aromatic heterocycles. The zero-order valence-corrected chi connectivity index (χ0v) is 17.9. The second kappa shape index (κ2) is 8.53. The van der Waals surface area contributed by atoms with E-state index >= 15 is 0 Å². The fraction of sp³-hybridized carbons (Fsp3) is 0.364. The van der Waals surface area contributed by atoms with Crippen LogP contribution in [0.1, 0.15) is 46.8 Å². The number of nitrogens with zero attached hydrogens (tertiary/aromatic N) is 2. The van der Waals surface area contributed by atoms with E-state index in [0.29, 0.717) is 5.75 Å². The first-order chi connectivity index (χ1) is 13.7. The monoisotopic (exact) mass is 411 g/mol. The molecule has 0 aliphatic carbocycles. The van der Waals surface area contributed by atoms with Crippen LogP contribution in [0.25, 0.3) is 0 Å². The summed E-state index contributed by atoms with van der Waals surface area (Å²) in [4.78, 5) is 24.5. The van der Waals surface area contributed by atoms with Crippen molar-refractivity contribution in [2.24, 2.45) is 0 Å². The Bertz CT molecular complexity index is 948. The molecule has 28 heavy (non-hydrogen) atoms. The number of carbonyl (C=O) groups is 1. The van der Waals surface area contributed by atoms with Gasteiger partial charge in [0.25, 0.3) is 0 Å². The van der Waals surface area contributed by atoms with Crippen LogP contribution in [0.5, 0.6) is 0 Å². The molecule has 4 rings (SSSR count). The predicted molar refractivity (Wildman–Crippen MR) is 116 cm³/mol. The van der Waals surface area contributed by atoms with E-state index in [-0.39, 0.29) is 11.9 Å². The Morgan fingerprint density at radius 3 is 2.93 bits per heavy atom. The third-order valence-corrected chi connectivity index (χ3v) is 7.17. The SMILES string of the molecule is CCC1c2ccsc2CCN1C(=O)CSc1nc(Cc2ccccc2)c(C)[nH]1. The molecular formula is C22H25N3OS2. The lowest BCUT2D eigenvalue weighted by atomic mass is 9.98. The molecule has 0 spiro atoms. The number of amides is 1. The quantitative estimate of drug-likeness (QED) is 0.581. The molecule has 1 aromatic carbocycles. The first kappa shape index (κ1) is 19.3. The van der Waals surface area contributed by atoms with Gasteiger partial charge in [-0.2, -0.15) is 0 Å². The smallest absolute Gasteiger partial charge is 0.233 e. The molecule has 0 fully saturated rings. The third-order valence-electron chi connectivity index (χ3n) is 5.31. The Kier molecular flexibility index (Phi) is 5.87. The molecular weight excluding hydrogens is 386 g/mol. The van der Waals surface area contributed by atoms with Crippen molar-refractivity contribution in [1.82, 2.24) is 14.9 Å². The second-order valence-corrected chi connectivity index (χ2v) is 9.09. The van der Waals surface area contributed by atoms with Crippen molar-refractivity contribution in [2.75, 3.05) is 12.3 Å². The second-order valence-electron chi connectivity index (χ2n) is 7.12. The maximum Gasteiger partial charge on any atom is 0.233 e. The van der Waals surface area contributed by atoms with Crippen molar-refractivity contribution in [1.29, 1.82) is 0 Å². The van der Waals surface area contributed by atoms with Crippen LogP contribution in [0.15, 0.2) is 46.9 Å². The van der Waals surface area contributed by atoms with Crippen LogP contribution in [0, 0.1) is 6.92 Å². The lowest BCUT2D eigenvalue weighted by molar-refractivity contribution is -0.131. The number of aromatic amines is 1. The van der Waals surface area contributed by atoms with Crippen LogP contribution < -0.4 is 0 Å². The molecule has 146 valence electrons. The number of aromatic nitrogens is 2. The Morgan fingerprint density at radius 2 is 2.14 bits per heavy atom. The molecule has 0 radical (unpaired) electrons. The van der Waals surface area contributed by atoms with Crippen molar-refractivity contribution in [2.45, 2.75) is 44.3 Å². The van der Waals surface area contributed by atoms with Crippen LogP contribution in [0.4, 0.5) is 0 Å². The van der Waals surface area contributed by atoms with E-state index in [1.165, 1.54) is 27.8 Å². The number of H-pyrrole nitrogens is 1. The average Bonchev–Trinajstić information content (AvgIpc) is 3.32. The van der Waals surface area contributed by atoms with Crippen molar-refractivity contribution >= 4 is 29.0 Å². The maximum atomic E-state index is 12.9. The number of benzene rings is 1. The van der Waals surface area contributed by atoms with Gasteiger partial charge in [0.05, 0.1) is 17.5 Å². The number of carbonyl (C=O) groups excluding carboxylic acids is 1. The van der Waals surface area contributed by atoms with Gasteiger partial charge in [0, 0.05) is 23.5 Å². The highest BCUT2D eigenvalue weighted by atomic mass is 32.2. The van der Waals surface area contributed by atoms with Gasteiger partial charge in [-0.25, -0.2) is 4.98 Å². The summed E-state index contributed by atoms with van der Waals surface area (Å²) in [7, 11) is 0. The van der Waals surface area contributed by atoms with Crippen molar-refractivity contribution in [3.63, 3.8) is 0 Å². The van der Waals surface area contributed by atoms with E-state index in [9.17, 15) is 4.79 Å². The molecule has 0 bridgehead atoms. The fourth-order valence-corrected chi connectivity index (χ4v) is 5.60. The molecule has 3 heterocycles. The number of fused-ring (bicyclic) bond motifs is 1. The van der Waals surface area contributed by atoms with Gasteiger partial charge in [-0.3, -0.25) is 4.79 Å². The van der Waals surface area contributed by atoms with Gasteiger partial charge in [-0.15, -0.1) is 11.3 Å². The predicted octanol–water partition coefficient (Wildman–Crippen LogP) is 5.00. The van der Waals surface area contributed by atoms with E-state index in [1.54, 1.807) is 0 Å². The minimum atomic E-state index is 0.201. The third kappa shape index (κ3) is 4.03. The summed E-state index contributed by atoms with van der Waals surface area (Å²) in [5.74, 6) is 0.626. The Labute approximate surface area is 174 Å². The highest BCUT2D eigenvalue weighted by Crippen LogP contribution is 2.35. The minimum absolute atomic E-state index is 0.201. The van der Waals surface area contributed by atoms with E-state index in [0.717, 1.165) is 42.4 Å². The average molecular weight is 412 g/mol. The van der Waals surface area contributed by atoms with Crippen molar-refractivity contribution < 1.29 is 4.79 Å². The Morgan fingerprint density at radius 1 is 1.32 bits per heavy atom. The lowest BCUT2D eigenvalue weighted by Gasteiger charge is -2.35. The van der Waals surface area contributed by atoms with Crippen LogP contribution in [-0.4, -0.2) is 33.1 Å². The highest BCUT2D eigenvalue weighted by molar-refractivity contribution is 7.99. The molecule has 1 unspecified atom stereocenters. The van der Waals surface area contributed by atoms with Gasteiger partial charge in [0.15, 0.2) is 5.16 Å². The van der Waals surface area contributed by atoms with E-state index in [4.69, 9.17) is 4.98 Å². The number of thiophene rings is 1. The topological polar surface area (TPSA) is 49.0 Å². The minimum Gasteiger partial charge on any atom is -0.337 e. The van der Waals surface area contributed by atoms with E-state index in [2.05, 4.69) is 40.4 Å². The summed E-state index contributed by atoms with van der Waals surface area (Å²) < 4.78 is 0. The summed E-state index contributed by atoms with van der Waals surface area (Å²) in [6.07, 6.45) is 2.74. The number of hydrogen-bond donors (Lipinski definition) is 1. The lowest BCUT2D eigenvalue weighted by Crippen LogP contribution is -2.40. The molecule has 1 atom stereocenters. The van der Waals surface area contributed by atoms with Gasteiger partial charge in [-0.1, -0.05) is 49.0 Å². The van der Waals surface area contributed by atoms with E-state index in [1.807, 2.05) is 36.5 Å².